The van der Waals surface area contributed by atoms with E-state index in [0.29, 0.717) is 6.61 Å². The number of pyridine rings is 1. The molecule has 0 saturated carbocycles. The van der Waals surface area contributed by atoms with E-state index in [1.54, 1.807) is 7.11 Å². The minimum absolute atomic E-state index is 0.699. The number of aromatic nitrogens is 1. The average molecular weight is 342 g/mol. The van der Waals surface area contributed by atoms with Crippen molar-refractivity contribution in [3.8, 4) is 11.1 Å². The molecule has 1 aromatic heterocycles. The first-order valence-corrected chi connectivity index (χ1v) is 8.91. The number of ether oxygens (including phenoxy) is 1. The lowest BCUT2D eigenvalue weighted by Gasteiger charge is -2.11. The molecule has 4 rings (SSSR count). The molecular weight excluding hydrogens is 320 g/mol. The van der Waals surface area contributed by atoms with Crippen molar-refractivity contribution in [1.29, 1.82) is 0 Å². The van der Waals surface area contributed by atoms with Crippen molar-refractivity contribution in [2.24, 2.45) is 0 Å². The summed E-state index contributed by atoms with van der Waals surface area (Å²) in [6.07, 6.45) is 7.13. The van der Waals surface area contributed by atoms with E-state index >= 15 is 0 Å². The molecule has 0 aliphatic heterocycles. The van der Waals surface area contributed by atoms with Crippen LogP contribution in [0, 0.1) is 0 Å². The Hall–Kier alpha value is -2.91. The van der Waals surface area contributed by atoms with Crippen LogP contribution in [0.5, 0.6) is 0 Å². The Morgan fingerprint density at radius 2 is 1.85 bits per heavy atom. The zero-order chi connectivity index (χ0) is 17.8. The lowest BCUT2D eigenvalue weighted by molar-refractivity contribution is 0.211. The number of hydrogen-bond donors (Lipinski definition) is 1. The van der Waals surface area contributed by atoms with Crippen LogP contribution in [0.15, 0.2) is 60.8 Å². The number of rotatable bonds is 5. The molecule has 0 unspecified atom stereocenters. The van der Waals surface area contributed by atoms with Gasteiger partial charge in [0, 0.05) is 37.5 Å². The highest BCUT2D eigenvalue weighted by Gasteiger charge is 2.12. The van der Waals surface area contributed by atoms with E-state index in [0.717, 1.165) is 29.9 Å². The van der Waals surface area contributed by atoms with Crippen molar-refractivity contribution in [1.82, 2.24) is 4.98 Å². The topological polar surface area (TPSA) is 34.1 Å². The Morgan fingerprint density at radius 1 is 0.962 bits per heavy atom. The first-order valence-electron chi connectivity index (χ1n) is 8.91. The number of benzene rings is 2. The fourth-order valence-corrected chi connectivity index (χ4v) is 3.30. The van der Waals surface area contributed by atoms with Crippen molar-refractivity contribution < 1.29 is 4.74 Å². The van der Waals surface area contributed by atoms with Crippen molar-refractivity contribution in [2.75, 3.05) is 25.6 Å². The highest BCUT2D eigenvalue weighted by Crippen LogP contribution is 2.29. The number of nitrogens with one attached hydrogen (secondary N) is 1. The summed E-state index contributed by atoms with van der Waals surface area (Å²) in [7, 11) is 1.72. The fourth-order valence-electron chi connectivity index (χ4n) is 3.30. The van der Waals surface area contributed by atoms with E-state index in [2.05, 4.69) is 66.0 Å². The summed E-state index contributed by atoms with van der Waals surface area (Å²) >= 11 is 0. The molecule has 3 heteroatoms. The van der Waals surface area contributed by atoms with Crippen LogP contribution in [-0.2, 0) is 11.2 Å². The van der Waals surface area contributed by atoms with Crippen LogP contribution < -0.4 is 5.32 Å². The quantitative estimate of drug-likeness (QED) is 0.525. The normalized spacial score (nSPS) is 12.2. The molecule has 130 valence electrons. The Bertz CT molecular complexity index is 932. The number of nitrogens with zero attached hydrogens (tertiary/aromatic N) is 1. The number of fused-ring (bicyclic) bond motifs is 2. The summed E-state index contributed by atoms with van der Waals surface area (Å²) in [6.45, 7) is 1.51. The molecule has 2 aromatic carbocycles. The van der Waals surface area contributed by atoms with Gasteiger partial charge in [-0.05, 0) is 46.5 Å². The van der Waals surface area contributed by atoms with Crippen LogP contribution in [0.25, 0.3) is 23.3 Å². The smallest absolute Gasteiger partial charge is 0.0665 e. The maximum absolute atomic E-state index is 5.12. The monoisotopic (exact) mass is 342 g/mol. The fraction of sp³-hybridized carbons (Fsp3) is 0.174. The summed E-state index contributed by atoms with van der Waals surface area (Å²) in [4.78, 5) is 4.70. The maximum Gasteiger partial charge on any atom is 0.0665 e. The lowest BCUT2D eigenvalue weighted by atomic mass is 9.98. The van der Waals surface area contributed by atoms with Gasteiger partial charge in [-0.15, -0.1) is 0 Å². The van der Waals surface area contributed by atoms with Gasteiger partial charge in [-0.1, -0.05) is 42.5 Å². The minimum atomic E-state index is 0.699. The van der Waals surface area contributed by atoms with E-state index in [4.69, 9.17) is 9.72 Å². The Balaban J connectivity index is 1.65. The molecule has 0 spiro atoms. The summed E-state index contributed by atoms with van der Waals surface area (Å²) in [6, 6.07) is 19.2. The zero-order valence-electron chi connectivity index (χ0n) is 14.9. The van der Waals surface area contributed by atoms with Gasteiger partial charge in [0.1, 0.15) is 0 Å². The maximum atomic E-state index is 5.12. The van der Waals surface area contributed by atoms with Gasteiger partial charge in [0.15, 0.2) is 0 Å². The largest absolute Gasteiger partial charge is 0.383 e. The number of methoxy groups -OCH3 is 1. The van der Waals surface area contributed by atoms with Crippen molar-refractivity contribution in [3.05, 3.63) is 83.2 Å². The molecule has 0 amide bonds. The molecule has 26 heavy (non-hydrogen) atoms. The summed E-state index contributed by atoms with van der Waals surface area (Å²) < 4.78 is 5.12. The summed E-state index contributed by atoms with van der Waals surface area (Å²) in [5.74, 6) is 0. The predicted octanol–water partition coefficient (Wildman–Crippen LogP) is 4.88. The molecule has 3 nitrogen and oxygen atoms in total. The van der Waals surface area contributed by atoms with Crippen LogP contribution in [-0.4, -0.2) is 25.2 Å². The van der Waals surface area contributed by atoms with Gasteiger partial charge >= 0.3 is 0 Å². The molecule has 0 saturated heterocycles. The molecular formula is C23H22N2O. The van der Waals surface area contributed by atoms with E-state index < -0.39 is 0 Å². The van der Waals surface area contributed by atoms with Gasteiger partial charge in [-0.25, -0.2) is 0 Å². The van der Waals surface area contributed by atoms with Gasteiger partial charge in [0.2, 0.25) is 0 Å². The third-order valence-corrected chi connectivity index (χ3v) is 4.69. The van der Waals surface area contributed by atoms with E-state index in [-0.39, 0.29) is 0 Å². The van der Waals surface area contributed by atoms with Crippen LogP contribution >= 0.6 is 0 Å². The SMILES string of the molecule is COCCNc1ccc2c(c1)Cc1cc(-c3ccccc3)cnc1C=C2. The van der Waals surface area contributed by atoms with E-state index in [1.807, 2.05) is 12.3 Å². The third kappa shape index (κ3) is 3.53. The average Bonchev–Trinajstić information content (AvgIpc) is 2.87. The predicted molar refractivity (Wildman–Crippen MR) is 108 cm³/mol. The number of hydrogen-bond acceptors (Lipinski definition) is 3. The van der Waals surface area contributed by atoms with Gasteiger partial charge in [-0.2, -0.15) is 0 Å². The molecule has 0 atom stereocenters. The molecule has 3 aromatic rings. The molecule has 1 aliphatic rings. The molecule has 1 N–H and O–H groups in total. The van der Waals surface area contributed by atoms with Crippen molar-refractivity contribution in [2.45, 2.75) is 6.42 Å². The zero-order valence-corrected chi connectivity index (χ0v) is 14.9. The van der Waals surface area contributed by atoms with Crippen molar-refractivity contribution in [3.63, 3.8) is 0 Å². The van der Waals surface area contributed by atoms with Crippen molar-refractivity contribution >= 4 is 17.8 Å². The standard InChI is InChI=1S/C23H22N2O/c1-26-12-11-24-22-9-7-18-8-10-23-20(13-19(18)15-22)14-21(16-25-23)17-5-3-2-4-6-17/h2-10,14-16,24H,11-13H2,1H3. The van der Waals surface area contributed by atoms with Crippen LogP contribution in [0.3, 0.4) is 0 Å². The van der Waals surface area contributed by atoms with Crippen LogP contribution in [0.2, 0.25) is 0 Å². The van der Waals surface area contributed by atoms with Crippen LogP contribution in [0.1, 0.15) is 22.4 Å². The molecule has 0 radical (unpaired) electrons. The first-order chi connectivity index (χ1) is 12.8. The van der Waals surface area contributed by atoms with Gasteiger partial charge in [0.25, 0.3) is 0 Å². The Kier molecular flexibility index (Phi) is 4.80. The second-order valence-corrected chi connectivity index (χ2v) is 6.48. The second-order valence-electron chi connectivity index (χ2n) is 6.48. The summed E-state index contributed by atoms with van der Waals surface area (Å²) in [5, 5.41) is 3.41. The molecule has 0 fully saturated rings. The lowest BCUT2D eigenvalue weighted by Crippen LogP contribution is -2.08. The molecule has 1 heterocycles. The first kappa shape index (κ1) is 16.6. The highest BCUT2D eigenvalue weighted by atomic mass is 16.5. The molecule has 1 aliphatic carbocycles. The Morgan fingerprint density at radius 3 is 2.69 bits per heavy atom. The van der Waals surface area contributed by atoms with Gasteiger partial charge in [0.05, 0.1) is 12.3 Å². The third-order valence-electron chi connectivity index (χ3n) is 4.69. The molecule has 0 bridgehead atoms. The Labute approximate surface area is 154 Å². The van der Waals surface area contributed by atoms with E-state index in [1.165, 1.54) is 22.3 Å². The van der Waals surface area contributed by atoms with Gasteiger partial charge < -0.3 is 10.1 Å². The second kappa shape index (κ2) is 7.54. The highest BCUT2D eigenvalue weighted by molar-refractivity contribution is 5.76. The van der Waals surface area contributed by atoms with Gasteiger partial charge in [-0.3, -0.25) is 4.98 Å². The van der Waals surface area contributed by atoms with Crippen LogP contribution in [0.4, 0.5) is 5.69 Å². The summed E-state index contributed by atoms with van der Waals surface area (Å²) in [5.41, 5.74) is 8.37. The van der Waals surface area contributed by atoms with E-state index in [9.17, 15) is 0 Å². The number of anilines is 1. The minimum Gasteiger partial charge on any atom is -0.383 e.